The molecule has 1 aromatic carbocycles. The highest BCUT2D eigenvalue weighted by Gasteiger charge is 2.30. The number of rotatable bonds is 7. The Labute approximate surface area is 118 Å². The van der Waals surface area contributed by atoms with Crippen molar-refractivity contribution in [2.24, 2.45) is 0 Å². The van der Waals surface area contributed by atoms with E-state index in [2.05, 4.69) is 5.32 Å². The highest BCUT2D eigenvalue weighted by Crippen LogP contribution is 2.42. The van der Waals surface area contributed by atoms with Gasteiger partial charge < -0.3 is 19.8 Å². The van der Waals surface area contributed by atoms with Crippen LogP contribution in [-0.2, 0) is 15.9 Å². The molecule has 0 aliphatic carbocycles. The second-order valence-electron chi connectivity index (χ2n) is 4.45. The summed E-state index contributed by atoms with van der Waals surface area (Å²) >= 11 is 0. The van der Waals surface area contributed by atoms with Gasteiger partial charge in [0.15, 0.2) is 0 Å². The van der Waals surface area contributed by atoms with Gasteiger partial charge in [-0.05, 0) is 12.0 Å². The van der Waals surface area contributed by atoms with Gasteiger partial charge in [-0.1, -0.05) is 50.1 Å². The van der Waals surface area contributed by atoms with Gasteiger partial charge in [-0.2, -0.15) is 0 Å². The quantitative estimate of drug-likeness (QED) is 0.673. The average molecular weight is 301 g/mol. The van der Waals surface area contributed by atoms with Crippen LogP contribution in [0.3, 0.4) is 0 Å². The molecule has 0 saturated carbocycles. The third-order valence-corrected chi connectivity index (χ3v) is 3.93. The van der Waals surface area contributed by atoms with Gasteiger partial charge in [-0.25, -0.2) is 4.79 Å². The number of benzene rings is 1. The number of alkyl carbamates (subject to hydrolysis) is 1. The minimum absolute atomic E-state index is 0.0638. The summed E-state index contributed by atoms with van der Waals surface area (Å²) in [6.45, 7) is 1.97. The van der Waals surface area contributed by atoms with Crippen molar-refractivity contribution in [3.63, 3.8) is 0 Å². The number of ether oxygens (including phenoxy) is 1. The third kappa shape index (κ3) is 6.19. The standard InChI is InChI=1S/C13H20NO5P/c1-2-3-9-12(20(16,17)18)14-13(15)19-10-11-7-5-4-6-8-11/h4-8,12H,2-3,9-10H2,1H3,(H,14,15)(H2,16,17,18)/t12-/m1/s1. The molecular formula is C13H20NO5P. The van der Waals surface area contributed by atoms with E-state index < -0.39 is 19.5 Å². The van der Waals surface area contributed by atoms with E-state index in [-0.39, 0.29) is 13.0 Å². The SMILES string of the molecule is CCCC[C@H](NC(=O)OCc1ccccc1)P(=O)(O)O. The van der Waals surface area contributed by atoms with Gasteiger partial charge in [0, 0.05) is 0 Å². The Kier molecular flexibility index (Phi) is 6.71. The molecule has 0 fully saturated rings. The van der Waals surface area contributed by atoms with Crippen LogP contribution in [-0.4, -0.2) is 21.7 Å². The molecule has 0 spiro atoms. The molecule has 1 amide bonds. The van der Waals surface area contributed by atoms with Crippen molar-refractivity contribution >= 4 is 13.7 Å². The molecule has 1 aromatic rings. The summed E-state index contributed by atoms with van der Waals surface area (Å²) in [7, 11) is -4.37. The molecule has 112 valence electrons. The predicted octanol–water partition coefficient (Wildman–Crippen LogP) is 2.61. The van der Waals surface area contributed by atoms with Gasteiger partial charge in [0.25, 0.3) is 0 Å². The number of carbonyl (C=O) groups is 1. The largest absolute Gasteiger partial charge is 0.445 e. The maximum Gasteiger partial charge on any atom is 0.408 e. The lowest BCUT2D eigenvalue weighted by atomic mass is 10.2. The number of hydrogen-bond donors (Lipinski definition) is 3. The number of carbonyl (C=O) groups excluding carboxylic acids is 1. The summed E-state index contributed by atoms with van der Waals surface area (Å²) in [6, 6.07) is 9.07. The fourth-order valence-corrected chi connectivity index (χ4v) is 2.42. The van der Waals surface area contributed by atoms with Crippen LogP contribution < -0.4 is 5.32 Å². The smallest absolute Gasteiger partial charge is 0.408 e. The van der Waals surface area contributed by atoms with Crippen molar-refractivity contribution < 1.29 is 23.9 Å². The maximum absolute atomic E-state index is 11.6. The van der Waals surface area contributed by atoms with E-state index in [0.717, 1.165) is 12.0 Å². The van der Waals surface area contributed by atoms with E-state index in [1.54, 1.807) is 12.1 Å². The van der Waals surface area contributed by atoms with E-state index in [1.807, 2.05) is 25.1 Å². The zero-order chi connectivity index (χ0) is 15.0. The predicted molar refractivity (Wildman–Crippen MR) is 75.1 cm³/mol. The molecule has 0 radical (unpaired) electrons. The Hall–Kier alpha value is -1.36. The molecule has 0 bridgehead atoms. The molecular weight excluding hydrogens is 281 g/mol. The molecule has 3 N–H and O–H groups in total. The molecule has 20 heavy (non-hydrogen) atoms. The first-order valence-electron chi connectivity index (χ1n) is 6.46. The Bertz CT molecular complexity index is 459. The molecule has 7 heteroatoms. The summed E-state index contributed by atoms with van der Waals surface area (Å²) in [5, 5.41) is 2.24. The van der Waals surface area contributed by atoms with Crippen LogP contribution >= 0.6 is 7.60 Å². The van der Waals surface area contributed by atoms with Crippen molar-refractivity contribution in [3.05, 3.63) is 35.9 Å². The van der Waals surface area contributed by atoms with E-state index in [4.69, 9.17) is 4.74 Å². The minimum atomic E-state index is -4.37. The zero-order valence-corrected chi connectivity index (χ0v) is 12.3. The fraction of sp³-hybridized carbons (Fsp3) is 0.462. The average Bonchev–Trinajstić information content (AvgIpc) is 2.41. The molecule has 0 unspecified atom stereocenters. The Balaban J connectivity index is 2.47. The summed E-state index contributed by atoms with van der Waals surface area (Å²) in [5.74, 6) is -1.19. The second kappa shape index (κ2) is 8.04. The van der Waals surface area contributed by atoms with Crippen LogP contribution in [0.25, 0.3) is 0 Å². The molecule has 1 rings (SSSR count). The van der Waals surface area contributed by atoms with Crippen molar-refractivity contribution in [3.8, 4) is 0 Å². The van der Waals surface area contributed by atoms with Crippen molar-refractivity contribution in [1.82, 2.24) is 5.32 Å². The normalized spacial score (nSPS) is 12.8. The van der Waals surface area contributed by atoms with Gasteiger partial charge in [0.1, 0.15) is 12.4 Å². The topological polar surface area (TPSA) is 95.9 Å². The monoisotopic (exact) mass is 301 g/mol. The lowest BCUT2D eigenvalue weighted by Gasteiger charge is -2.19. The summed E-state index contributed by atoms with van der Waals surface area (Å²) in [6.07, 6.45) is 0.811. The van der Waals surface area contributed by atoms with E-state index >= 15 is 0 Å². The lowest BCUT2D eigenvalue weighted by molar-refractivity contribution is 0.136. The molecule has 0 aliphatic heterocycles. The highest BCUT2D eigenvalue weighted by atomic mass is 31.2. The first-order chi connectivity index (χ1) is 9.43. The Morgan fingerprint density at radius 1 is 1.35 bits per heavy atom. The molecule has 0 aromatic heterocycles. The zero-order valence-electron chi connectivity index (χ0n) is 11.4. The maximum atomic E-state index is 11.6. The van der Waals surface area contributed by atoms with Crippen LogP contribution in [0.1, 0.15) is 31.7 Å². The van der Waals surface area contributed by atoms with Crippen LogP contribution in [0, 0.1) is 0 Å². The lowest BCUT2D eigenvalue weighted by Crippen LogP contribution is -2.35. The highest BCUT2D eigenvalue weighted by molar-refractivity contribution is 7.52. The van der Waals surface area contributed by atoms with Crippen molar-refractivity contribution in [1.29, 1.82) is 0 Å². The Morgan fingerprint density at radius 3 is 2.55 bits per heavy atom. The summed E-state index contributed by atoms with van der Waals surface area (Å²) < 4.78 is 16.2. The number of nitrogens with one attached hydrogen (secondary N) is 1. The molecule has 6 nitrogen and oxygen atoms in total. The van der Waals surface area contributed by atoms with E-state index in [0.29, 0.717) is 6.42 Å². The number of hydrogen-bond acceptors (Lipinski definition) is 3. The minimum Gasteiger partial charge on any atom is -0.445 e. The molecule has 0 heterocycles. The third-order valence-electron chi connectivity index (χ3n) is 2.73. The fourth-order valence-electron chi connectivity index (χ4n) is 1.62. The Morgan fingerprint density at radius 2 is 2.00 bits per heavy atom. The second-order valence-corrected chi connectivity index (χ2v) is 6.25. The summed E-state index contributed by atoms with van der Waals surface area (Å²) in [5.41, 5.74) is 0.809. The molecule has 0 saturated heterocycles. The molecule has 1 atom stereocenters. The van der Waals surface area contributed by atoms with Crippen LogP contribution in [0.5, 0.6) is 0 Å². The van der Waals surface area contributed by atoms with E-state index in [1.165, 1.54) is 0 Å². The van der Waals surface area contributed by atoms with Crippen LogP contribution in [0.2, 0.25) is 0 Å². The first kappa shape index (κ1) is 16.7. The van der Waals surface area contributed by atoms with Crippen molar-refractivity contribution in [2.75, 3.05) is 0 Å². The van der Waals surface area contributed by atoms with Crippen LogP contribution in [0.4, 0.5) is 4.79 Å². The van der Waals surface area contributed by atoms with Gasteiger partial charge in [0.05, 0.1) is 0 Å². The van der Waals surface area contributed by atoms with E-state index in [9.17, 15) is 19.1 Å². The number of amides is 1. The van der Waals surface area contributed by atoms with Crippen LogP contribution in [0.15, 0.2) is 30.3 Å². The van der Waals surface area contributed by atoms with Gasteiger partial charge in [0.2, 0.25) is 0 Å². The number of unbranched alkanes of at least 4 members (excludes halogenated alkanes) is 1. The van der Waals surface area contributed by atoms with Gasteiger partial charge in [-0.3, -0.25) is 4.57 Å². The van der Waals surface area contributed by atoms with Gasteiger partial charge >= 0.3 is 13.7 Å². The first-order valence-corrected chi connectivity index (χ1v) is 8.14. The van der Waals surface area contributed by atoms with Gasteiger partial charge in [-0.15, -0.1) is 0 Å². The summed E-state index contributed by atoms with van der Waals surface area (Å²) in [4.78, 5) is 29.9. The van der Waals surface area contributed by atoms with Crippen molar-refractivity contribution in [2.45, 2.75) is 38.6 Å². The molecule has 0 aliphatic rings.